The number of alkyl halides is 3. The number of aryl methyl sites for hydroxylation is 1. The summed E-state index contributed by atoms with van der Waals surface area (Å²) in [7, 11) is 0. The van der Waals surface area contributed by atoms with Gasteiger partial charge in [0.1, 0.15) is 0 Å². The predicted octanol–water partition coefficient (Wildman–Crippen LogP) is 7.51. The maximum atomic E-state index is 13.5. The van der Waals surface area contributed by atoms with Crippen molar-refractivity contribution in [3.63, 3.8) is 0 Å². The first-order valence-corrected chi connectivity index (χ1v) is 10.5. The number of hydrogen-bond donors (Lipinski definition) is 0. The third-order valence-corrected chi connectivity index (χ3v) is 5.47. The molecule has 3 rings (SSSR count). The lowest BCUT2D eigenvalue weighted by Crippen LogP contribution is -2.20. The van der Waals surface area contributed by atoms with E-state index < -0.39 is 11.7 Å². The van der Waals surface area contributed by atoms with Crippen molar-refractivity contribution in [1.82, 2.24) is 9.97 Å². The molecule has 0 aliphatic carbocycles. The lowest BCUT2D eigenvalue weighted by molar-refractivity contribution is -0.137. The summed E-state index contributed by atoms with van der Waals surface area (Å²) in [5.74, 6) is 0.744. The Hall–Kier alpha value is -2.41. The van der Waals surface area contributed by atoms with Crippen molar-refractivity contribution in [3.8, 4) is 11.3 Å². The van der Waals surface area contributed by atoms with Gasteiger partial charge in [-0.25, -0.2) is 9.97 Å². The number of hydrogen-bond acceptors (Lipinski definition) is 3. The molecule has 0 fully saturated rings. The molecule has 0 radical (unpaired) electrons. The van der Waals surface area contributed by atoms with Crippen LogP contribution in [0, 0.1) is 6.92 Å². The summed E-state index contributed by atoms with van der Waals surface area (Å²) in [5.41, 5.74) is 2.23. The van der Waals surface area contributed by atoms with Gasteiger partial charge in [-0.2, -0.15) is 13.2 Å². The molecule has 0 spiro atoms. The Bertz CT molecular complexity index is 1050. The van der Waals surface area contributed by atoms with Gasteiger partial charge < -0.3 is 4.90 Å². The Morgan fingerprint density at radius 2 is 1.73 bits per heavy atom. The van der Waals surface area contributed by atoms with E-state index in [0.717, 1.165) is 16.2 Å². The molecule has 0 unspecified atom stereocenters. The number of nitrogens with zero attached hydrogens (tertiary/aromatic N) is 3. The number of aromatic nitrogens is 2. The standard InChI is InChI=1S/C23H23BrF3N3/c1-5-30(21-11-10-16(14(2)3)13-19(21)24)22-28-15(4)12-20(29-22)17-8-6-7-9-18(17)23(25,26)27/h6-14H,5H2,1-4H3. The van der Waals surface area contributed by atoms with Gasteiger partial charge in [-0.3, -0.25) is 0 Å². The molecule has 0 N–H and O–H groups in total. The van der Waals surface area contributed by atoms with Crippen LogP contribution in [0.25, 0.3) is 11.3 Å². The zero-order valence-electron chi connectivity index (χ0n) is 17.3. The lowest BCUT2D eigenvalue weighted by Gasteiger charge is -2.24. The van der Waals surface area contributed by atoms with E-state index in [4.69, 9.17) is 0 Å². The van der Waals surface area contributed by atoms with Gasteiger partial charge in [0.2, 0.25) is 5.95 Å². The van der Waals surface area contributed by atoms with Crippen molar-refractivity contribution in [2.75, 3.05) is 11.4 Å². The van der Waals surface area contributed by atoms with Crippen molar-refractivity contribution >= 4 is 27.6 Å². The molecule has 30 heavy (non-hydrogen) atoms. The van der Waals surface area contributed by atoms with E-state index in [-0.39, 0.29) is 11.3 Å². The molecule has 0 bridgehead atoms. The smallest absolute Gasteiger partial charge is 0.310 e. The van der Waals surface area contributed by atoms with Crippen LogP contribution >= 0.6 is 15.9 Å². The van der Waals surface area contributed by atoms with Gasteiger partial charge in [0, 0.05) is 22.3 Å². The van der Waals surface area contributed by atoms with Gasteiger partial charge in [-0.05, 0) is 65.5 Å². The minimum atomic E-state index is -4.46. The van der Waals surface area contributed by atoms with Gasteiger partial charge in [0.05, 0.1) is 16.9 Å². The highest BCUT2D eigenvalue weighted by Gasteiger charge is 2.34. The number of halogens is 4. The zero-order valence-corrected chi connectivity index (χ0v) is 18.8. The average Bonchev–Trinajstić information content (AvgIpc) is 2.68. The van der Waals surface area contributed by atoms with Crippen LogP contribution in [-0.4, -0.2) is 16.5 Å². The van der Waals surface area contributed by atoms with Gasteiger partial charge in [-0.1, -0.05) is 38.1 Å². The molecule has 1 aromatic heterocycles. The van der Waals surface area contributed by atoms with E-state index in [1.807, 2.05) is 24.0 Å². The fourth-order valence-corrected chi connectivity index (χ4v) is 3.90. The Balaban J connectivity index is 2.12. The summed E-state index contributed by atoms with van der Waals surface area (Å²) in [6.45, 7) is 8.51. The van der Waals surface area contributed by atoms with E-state index in [1.54, 1.807) is 19.1 Å². The Morgan fingerprint density at radius 3 is 2.33 bits per heavy atom. The van der Waals surface area contributed by atoms with E-state index in [0.29, 0.717) is 24.1 Å². The van der Waals surface area contributed by atoms with Crippen LogP contribution in [0.4, 0.5) is 24.8 Å². The molecule has 158 valence electrons. The summed E-state index contributed by atoms with van der Waals surface area (Å²) in [4.78, 5) is 10.9. The van der Waals surface area contributed by atoms with Crippen molar-refractivity contribution in [1.29, 1.82) is 0 Å². The SMILES string of the molecule is CCN(c1nc(C)cc(-c2ccccc2C(F)(F)F)n1)c1ccc(C(C)C)cc1Br. The van der Waals surface area contributed by atoms with Crippen LogP contribution in [0.2, 0.25) is 0 Å². The van der Waals surface area contributed by atoms with E-state index in [9.17, 15) is 13.2 Å². The molecule has 0 saturated carbocycles. The first-order chi connectivity index (χ1) is 14.1. The topological polar surface area (TPSA) is 29.0 Å². The van der Waals surface area contributed by atoms with Crippen LogP contribution in [-0.2, 0) is 6.18 Å². The van der Waals surface area contributed by atoms with Gasteiger partial charge in [-0.15, -0.1) is 0 Å². The largest absolute Gasteiger partial charge is 0.417 e. The van der Waals surface area contributed by atoms with E-state index >= 15 is 0 Å². The summed E-state index contributed by atoms with van der Waals surface area (Å²) in [6, 6.07) is 13.1. The summed E-state index contributed by atoms with van der Waals surface area (Å²) >= 11 is 3.63. The van der Waals surface area contributed by atoms with E-state index in [1.165, 1.54) is 17.7 Å². The molecule has 0 atom stereocenters. The first-order valence-electron chi connectivity index (χ1n) is 9.71. The highest BCUT2D eigenvalue weighted by molar-refractivity contribution is 9.10. The molecule has 7 heteroatoms. The number of benzene rings is 2. The predicted molar refractivity (Wildman–Crippen MR) is 118 cm³/mol. The van der Waals surface area contributed by atoms with Crippen LogP contribution in [0.1, 0.15) is 43.5 Å². The van der Waals surface area contributed by atoms with Crippen molar-refractivity contribution in [2.24, 2.45) is 0 Å². The monoisotopic (exact) mass is 477 g/mol. The fraction of sp³-hybridized carbons (Fsp3) is 0.304. The van der Waals surface area contributed by atoms with Gasteiger partial charge >= 0.3 is 6.18 Å². The number of anilines is 2. The van der Waals surface area contributed by atoms with Crippen molar-refractivity contribution in [3.05, 3.63) is 69.8 Å². The average molecular weight is 478 g/mol. The highest BCUT2D eigenvalue weighted by Crippen LogP contribution is 2.38. The quantitative estimate of drug-likeness (QED) is 0.380. The van der Waals surface area contributed by atoms with Crippen LogP contribution < -0.4 is 4.90 Å². The zero-order chi connectivity index (χ0) is 22.1. The molecule has 1 heterocycles. The second kappa shape index (κ2) is 8.76. The molecule has 0 saturated heterocycles. The first kappa shape index (κ1) is 22.3. The normalized spacial score (nSPS) is 11.8. The minimum absolute atomic E-state index is 0.0435. The van der Waals surface area contributed by atoms with Crippen LogP contribution in [0.15, 0.2) is 53.0 Å². The van der Waals surface area contributed by atoms with Crippen molar-refractivity contribution < 1.29 is 13.2 Å². The van der Waals surface area contributed by atoms with E-state index in [2.05, 4.69) is 45.8 Å². The molecule has 0 amide bonds. The molecular weight excluding hydrogens is 455 g/mol. The third kappa shape index (κ3) is 4.67. The lowest BCUT2D eigenvalue weighted by atomic mass is 10.0. The minimum Gasteiger partial charge on any atom is -0.310 e. The molecule has 0 aliphatic rings. The molecule has 2 aromatic carbocycles. The van der Waals surface area contributed by atoms with Gasteiger partial charge in [0.25, 0.3) is 0 Å². The van der Waals surface area contributed by atoms with Crippen LogP contribution in [0.3, 0.4) is 0 Å². The summed E-state index contributed by atoms with van der Waals surface area (Å²) in [5, 5.41) is 0. The molecule has 3 nitrogen and oxygen atoms in total. The fourth-order valence-electron chi connectivity index (χ4n) is 3.29. The Morgan fingerprint density at radius 1 is 1.03 bits per heavy atom. The third-order valence-electron chi connectivity index (χ3n) is 4.84. The second-order valence-electron chi connectivity index (χ2n) is 7.35. The Labute approximate surface area is 183 Å². The van der Waals surface area contributed by atoms with Gasteiger partial charge in [0.15, 0.2) is 0 Å². The van der Waals surface area contributed by atoms with Crippen molar-refractivity contribution in [2.45, 2.75) is 39.8 Å². The summed E-state index contributed by atoms with van der Waals surface area (Å²) < 4.78 is 41.4. The summed E-state index contributed by atoms with van der Waals surface area (Å²) in [6.07, 6.45) is -4.46. The number of rotatable bonds is 5. The Kier molecular flexibility index (Phi) is 6.50. The molecular formula is C23H23BrF3N3. The molecule has 3 aromatic rings. The second-order valence-corrected chi connectivity index (χ2v) is 8.20. The van der Waals surface area contributed by atoms with Crippen LogP contribution in [0.5, 0.6) is 0 Å². The maximum Gasteiger partial charge on any atom is 0.417 e. The maximum absolute atomic E-state index is 13.5. The highest BCUT2D eigenvalue weighted by atomic mass is 79.9. The molecule has 0 aliphatic heterocycles.